The van der Waals surface area contributed by atoms with Crippen molar-refractivity contribution < 1.29 is 9.76 Å². The molecule has 22 heavy (non-hydrogen) atoms. The Bertz CT molecular complexity index is 866. The minimum absolute atomic E-state index is 0.0348. The van der Waals surface area contributed by atoms with Crippen LogP contribution in [0.2, 0.25) is 0 Å². The number of benzene rings is 2. The Morgan fingerprint density at radius 1 is 1.27 bits per heavy atom. The van der Waals surface area contributed by atoms with Gasteiger partial charge in [-0.25, -0.2) is 0 Å². The Kier molecular flexibility index (Phi) is 3.99. The van der Waals surface area contributed by atoms with Gasteiger partial charge in [0.05, 0.1) is 0 Å². The molecule has 1 N–H and O–H groups in total. The van der Waals surface area contributed by atoms with E-state index in [0.29, 0.717) is 5.82 Å². The van der Waals surface area contributed by atoms with Gasteiger partial charge in [0.2, 0.25) is 0 Å². The van der Waals surface area contributed by atoms with Crippen molar-refractivity contribution >= 4 is 24.0 Å². The molecule has 0 bridgehead atoms. The van der Waals surface area contributed by atoms with Crippen molar-refractivity contribution in [2.45, 2.75) is 6.61 Å². The van der Waals surface area contributed by atoms with Crippen molar-refractivity contribution in [1.29, 1.82) is 0 Å². The van der Waals surface area contributed by atoms with Gasteiger partial charge in [0.1, 0.15) is 0 Å². The zero-order valence-corrected chi connectivity index (χ0v) is 11.7. The summed E-state index contributed by atoms with van der Waals surface area (Å²) in [5, 5.41) is 14.7. The Morgan fingerprint density at radius 3 is 2.82 bits per heavy atom. The molecule has 0 aliphatic rings. The molecule has 3 aromatic rings. The van der Waals surface area contributed by atoms with Crippen LogP contribution in [0.4, 0.5) is 5.82 Å². The summed E-state index contributed by atoms with van der Waals surface area (Å²) in [5.41, 5.74) is 2.40. The molecule has 0 aliphatic heterocycles. The molecular weight excluding hydrogens is 277 g/mol. The van der Waals surface area contributed by atoms with Crippen molar-refractivity contribution in [2.24, 2.45) is 4.90 Å². The normalized spacial score (nSPS) is 10.5. The topological polar surface area (TPSA) is 59.6 Å². The van der Waals surface area contributed by atoms with Crippen molar-refractivity contribution in [3.05, 3.63) is 54.1 Å². The van der Waals surface area contributed by atoms with Gasteiger partial charge in [0, 0.05) is 0 Å². The fourth-order valence-corrected chi connectivity index (χ4v) is 2.20. The zero-order chi connectivity index (χ0) is 15.4. The Labute approximate surface area is 128 Å². The predicted molar refractivity (Wildman–Crippen MR) is 84.8 cm³/mol. The van der Waals surface area contributed by atoms with E-state index in [1.165, 1.54) is 7.27 Å². The first-order valence-corrected chi connectivity index (χ1v) is 6.65. The summed E-state index contributed by atoms with van der Waals surface area (Å²) in [7, 11) is 1.20. The van der Waals surface area contributed by atoms with Crippen molar-refractivity contribution in [3.8, 4) is 18.2 Å². The van der Waals surface area contributed by atoms with Crippen LogP contribution in [-0.4, -0.2) is 22.2 Å². The third-order valence-corrected chi connectivity index (χ3v) is 3.19. The van der Waals surface area contributed by atoms with E-state index in [1.807, 2.05) is 54.6 Å². The van der Waals surface area contributed by atoms with E-state index in [1.54, 1.807) is 4.68 Å². The summed E-state index contributed by atoms with van der Waals surface area (Å²) in [5.74, 6) is 0.612. The molecule has 1 heterocycles. The fraction of sp³-hybridized carbons (Fsp3) is 0.0625. The summed E-state index contributed by atoms with van der Waals surface area (Å²) >= 11 is 0. The van der Waals surface area contributed by atoms with Crippen LogP contribution in [0.3, 0.4) is 0 Å². The molecule has 6 heteroatoms. The van der Waals surface area contributed by atoms with Gasteiger partial charge in [-0.05, 0) is 0 Å². The van der Waals surface area contributed by atoms with Gasteiger partial charge in [0.15, 0.2) is 0 Å². The first-order chi connectivity index (χ1) is 10.8. The molecule has 1 aromatic heterocycles. The Balaban J connectivity index is 2.21. The van der Waals surface area contributed by atoms with E-state index in [4.69, 9.17) is 11.1 Å². The number of nitrogens with zero attached hydrogens (tertiary/aromatic N) is 3. The van der Waals surface area contributed by atoms with E-state index < -0.39 is 0 Å². The maximum atomic E-state index is 9.26. The first-order valence-electron chi connectivity index (χ1n) is 6.65. The molecular formula is C16H12BN3O2. The van der Waals surface area contributed by atoms with Gasteiger partial charge < -0.3 is 0 Å². The van der Waals surface area contributed by atoms with Crippen molar-refractivity contribution in [3.63, 3.8) is 0 Å². The van der Waals surface area contributed by atoms with Gasteiger partial charge in [0.25, 0.3) is 0 Å². The van der Waals surface area contributed by atoms with Gasteiger partial charge in [-0.15, -0.1) is 0 Å². The van der Waals surface area contributed by atoms with E-state index in [2.05, 4.69) is 9.99 Å². The number of aliphatic hydroxyl groups excluding tert-OH is 1. The monoisotopic (exact) mass is 289 g/mol. The van der Waals surface area contributed by atoms with Crippen LogP contribution in [0.5, 0.6) is 0 Å². The van der Waals surface area contributed by atoms with Crippen LogP contribution >= 0.6 is 0 Å². The molecule has 0 saturated heterocycles. The molecule has 0 atom stereocenters. The van der Waals surface area contributed by atoms with Crippen LogP contribution < -0.4 is 0 Å². The Hall–Kier alpha value is -2.91. The molecule has 106 valence electrons. The molecule has 5 nitrogen and oxygen atoms in total. The van der Waals surface area contributed by atoms with E-state index in [9.17, 15) is 5.11 Å². The number of aliphatic hydroxyl groups is 1. The van der Waals surface area contributed by atoms with E-state index in [0.717, 1.165) is 22.2 Å². The summed E-state index contributed by atoms with van der Waals surface area (Å²) < 4.78 is 6.46. The number of rotatable bonds is 4. The van der Waals surface area contributed by atoms with Crippen LogP contribution in [0.25, 0.3) is 16.6 Å². The Morgan fingerprint density at radius 2 is 2.09 bits per heavy atom. The standard InChI is InChI=1S/C16H12BN3O2/c1-2-22-17-18-16-14-9-8-12(11-21)10-15(14)19-20(16)13-6-4-3-5-7-13/h1,3-10,21H,11H2. The number of fused-ring (bicyclic) bond motifs is 1. The quantitative estimate of drug-likeness (QED) is 0.593. The van der Waals surface area contributed by atoms with Crippen LogP contribution in [0.1, 0.15) is 5.56 Å². The van der Waals surface area contributed by atoms with Gasteiger partial charge in [-0.2, -0.15) is 0 Å². The average Bonchev–Trinajstić information content (AvgIpc) is 2.94. The fourth-order valence-electron chi connectivity index (χ4n) is 2.20. The van der Waals surface area contributed by atoms with Gasteiger partial charge in [-0.1, -0.05) is 0 Å². The third-order valence-electron chi connectivity index (χ3n) is 3.19. The van der Waals surface area contributed by atoms with Crippen LogP contribution in [0.15, 0.2) is 53.4 Å². The molecule has 0 aliphatic carbocycles. The molecule has 2 aromatic carbocycles. The number of aromatic nitrogens is 2. The minimum atomic E-state index is -0.0348. The number of hydrogen-bond donors (Lipinski definition) is 1. The van der Waals surface area contributed by atoms with Crippen molar-refractivity contribution in [1.82, 2.24) is 9.78 Å². The van der Waals surface area contributed by atoms with Crippen molar-refractivity contribution in [2.75, 3.05) is 0 Å². The SMILES string of the molecule is C#CO/B=N/c1c2ccc(CO)cc2nn1-c1ccccc1. The average molecular weight is 289 g/mol. The molecule has 3 rings (SSSR count). The molecule has 0 spiro atoms. The third kappa shape index (κ3) is 2.62. The van der Waals surface area contributed by atoms with E-state index >= 15 is 0 Å². The molecule has 0 fully saturated rings. The second-order valence-electron chi connectivity index (χ2n) is 4.55. The second kappa shape index (κ2) is 6.25. The van der Waals surface area contributed by atoms with Gasteiger partial charge >= 0.3 is 127 Å². The molecule has 0 radical (unpaired) electrons. The molecule has 0 unspecified atom stereocenters. The van der Waals surface area contributed by atoms with Gasteiger partial charge in [-0.3, -0.25) is 0 Å². The summed E-state index contributed by atoms with van der Waals surface area (Å²) in [4.78, 5) is 4.26. The maximum absolute atomic E-state index is 9.26. The zero-order valence-electron chi connectivity index (χ0n) is 11.7. The number of terminal acetylenes is 1. The molecule has 0 amide bonds. The summed E-state index contributed by atoms with van der Waals surface area (Å²) in [6.07, 6.45) is 7.10. The first kappa shape index (κ1) is 14.0. The second-order valence-corrected chi connectivity index (χ2v) is 4.55. The number of hydrogen-bond acceptors (Lipinski definition) is 4. The summed E-state index contributed by atoms with van der Waals surface area (Å²) in [6, 6.07) is 15.2. The predicted octanol–water partition coefficient (Wildman–Crippen LogP) is 2.56. The number of para-hydroxylation sites is 1. The van der Waals surface area contributed by atoms with E-state index in [-0.39, 0.29) is 6.61 Å². The summed E-state index contributed by atoms with van der Waals surface area (Å²) in [6.45, 7) is -0.0348. The van der Waals surface area contributed by atoms with Crippen LogP contribution in [0, 0.1) is 12.5 Å². The van der Waals surface area contributed by atoms with Crippen LogP contribution in [-0.2, 0) is 11.3 Å². The molecule has 0 saturated carbocycles.